The van der Waals surface area contributed by atoms with Gasteiger partial charge < -0.3 is 4.90 Å². The number of rotatable bonds is 2. The van der Waals surface area contributed by atoms with Gasteiger partial charge in [-0.2, -0.15) is 0 Å². The molecular weight excluding hydrogens is 180 g/mol. The third-order valence-electron chi connectivity index (χ3n) is 3.55. The van der Waals surface area contributed by atoms with Crippen molar-refractivity contribution in [3.8, 4) is 0 Å². The summed E-state index contributed by atoms with van der Waals surface area (Å²) in [6.45, 7) is 6.91. The van der Waals surface area contributed by atoms with Crippen molar-refractivity contribution in [1.29, 1.82) is 0 Å². The molecule has 1 fully saturated rings. The van der Waals surface area contributed by atoms with E-state index < -0.39 is 0 Å². The number of hydrogen-bond acceptors (Lipinski definition) is 3. The molecule has 13 heavy (non-hydrogen) atoms. The van der Waals surface area contributed by atoms with Crippen LogP contribution < -0.4 is 0 Å². The second kappa shape index (κ2) is 4.20. The average molecular weight is 202 g/mol. The van der Waals surface area contributed by atoms with E-state index in [0.717, 1.165) is 19.0 Å². The standard InChI is InChI=1S/C10H22N2S/c1-10(2,11(3)4)9-6-5-7-12(13)8-9/h9,13H,5-8H2,1-4H3/t9-/m0/s1. The summed E-state index contributed by atoms with van der Waals surface area (Å²) in [6, 6.07) is 0. The zero-order chi connectivity index (χ0) is 10.1. The normalized spacial score (nSPS) is 26.8. The van der Waals surface area contributed by atoms with E-state index in [1.165, 1.54) is 12.8 Å². The van der Waals surface area contributed by atoms with Crippen LogP contribution in [0.2, 0.25) is 0 Å². The lowest BCUT2D eigenvalue weighted by atomic mass is 9.81. The van der Waals surface area contributed by atoms with Gasteiger partial charge in [0.1, 0.15) is 0 Å². The van der Waals surface area contributed by atoms with Crippen molar-refractivity contribution in [1.82, 2.24) is 9.21 Å². The Morgan fingerprint density at radius 2 is 2.00 bits per heavy atom. The molecule has 1 rings (SSSR count). The highest BCUT2D eigenvalue weighted by Crippen LogP contribution is 2.30. The molecule has 0 saturated carbocycles. The molecule has 0 bridgehead atoms. The van der Waals surface area contributed by atoms with Gasteiger partial charge in [0.2, 0.25) is 0 Å². The first-order chi connectivity index (χ1) is 5.94. The van der Waals surface area contributed by atoms with Gasteiger partial charge >= 0.3 is 0 Å². The fourth-order valence-electron chi connectivity index (χ4n) is 1.90. The lowest BCUT2D eigenvalue weighted by molar-refractivity contribution is 0.0795. The zero-order valence-corrected chi connectivity index (χ0v) is 10.1. The molecule has 0 aliphatic carbocycles. The smallest absolute Gasteiger partial charge is 0.0187 e. The first kappa shape index (κ1) is 11.3. The maximum absolute atomic E-state index is 4.44. The quantitative estimate of drug-likeness (QED) is 0.683. The van der Waals surface area contributed by atoms with Gasteiger partial charge in [-0.3, -0.25) is 4.31 Å². The van der Waals surface area contributed by atoms with Crippen LogP contribution in [-0.4, -0.2) is 41.9 Å². The van der Waals surface area contributed by atoms with Gasteiger partial charge in [0.25, 0.3) is 0 Å². The monoisotopic (exact) mass is 202 g/mol. The molecule has 3 heteroatoms. The molecule has 0 aromatic heterocycles. The number of hydrogen-bond donors (Lipinski definition) is 1. The van der Waals surface area contributed by atoms with Gasteiger partial charge in [-0.25, -0.2) is 0 Å². The summed E-state index contributed by atoms with van der Waals surface area (Å²) in [4.78, 5) is 2.32. The molecule has 0 radical (unpaired) electrons. The van der Waals surface area contributed by atoms with Gasteiger partial charge in [-0.1, -0.05) is 12.8 Å². The van der Waals surface area contributed by atoms with Crippen molar-refractivity contribution in [2.24, 2.45) is 5.92 Å². The first-order valence-electron chi connectivity index (χ1n) is 5.06. The topological polar surface area (TPSA) is 6.48 Å². The van der Waals surface area contributed by atoms with E-state index in [2.05, 4.69) is 50.0 Å². The summed E-state index contributed by atoms with van der Waals surface area (Å²) < 4.78 is 2.15. The Morgan fingerprint density at radius 1 is 1.38 bits per heavy atom. The van der Waals surface area contributed by atoms with Crippen molar-refractivity contribution in [3.63, 3.8) is 0 Å². The molecule has 0 N–H and O–H groups in total. The Balaban J connectivity index is 2.59. The largest absolute Gasteiger partial charge is 0.304 e. The van der Waals surface area contributed by atoms with Crippen LogP contribution in [0.1, 0.15) is 26.7 Å². The lowest BCUT2D eigenvalue weighted by Crippen LogP contribution is -2.50. The molecule has 78 valence electrons. The van der Waals surface area contributed by atoms with Gasteiger partial charge in [-0.05, 0) is 46.7 Å². The third-order valence-corrected chi connectivity index (χ3v) is 3.91. The average Bonchev–Trinajstić information content (AvgIpc) is 2.04. The van der Waals surface area contributed by atoms with E-state index in [1.54, 1.807) is 0 Å². The van der Waals surface area contributed by atoms with Crippen LogP contribution in [0.25, 0.3) is 0 Å². The summed E-state index contributed by atoms with van der Waals surface area (Å²) in [5, 5.41) is 0. The molecule has 0 aromatic rings. The van der Waals surface area contributed by atoms with E-state index in [4.69, 9.17) is 0 Å². The van der Waals surface area contributed by atoms with Crippen LogP contribution >= 0.6 is 12.8 Å². The van der Waals surface area contributed by atoms with Crippen LogP contribution in [0, 0.1) is 5.92 Å². The van der Waals surface area contributed by atoms with Crippen LogP contribution in [0.15, 0.2) is 0 Å². The van der Waals surface area contributed by atoms with Crippen molar-refractivity contribution in [2.45, 2.75) is 32.2 Å². The molecule has 1 aliphatic heterocycles. The SMILES string of the molecule is CN(C)C(C)(C)[C@H]1CCCN(S)C1. The van der Waals surface area contributed by atoms with Crippen molar-refractivity contribution in [3.05, 3.63) is 0 Å². The minimum Gasteiger partial charge on any atom is -0.304 e. The highest BCUT2D eigenvalue weighted by atomic mass is 32.1. The van der Waals surface area contributed by atoms with Crippen LogP contribution in [0.4, 0.5) is 0 Å². The zero-order valence-electron chi connectivity index (χ0n) is 9.25. The summed E-state index contributed by atoms with van der Waals surface area (Å²) in [6.07, 6.45) is 2.62. The van der Waals surface area contributed by atoms with Gasteiger partial charge in [0.15, 0.2) is 0 Å². The molecule has 1 saturated heterocycles. The van der Waals surface area contributed by atoms with E-state index in [1.807, 2.05) is 0 Å². The maximum Gasteiger partial charge on any atom is 0.0187 e. The van der Waals surface area contributed by atoms with Gasteiger partial charge in [0, 0.05) is 18.6 Å². The number of piperidine rings is 1. The third kappa shape index (κ3) is 2.61. The van der Waals surface area contributed by atoms with Gasteiger partial charge in [0.05, 0.1) is 0 Å². The van der Waals surface area contributed by atoms with Crippen LogP contribution in [-0.2, 0) is 0 Å². The number of thiol groups is 1. The van der Waals surface area contributed by atoms with Crippen molar-refractivity contribution in [2.75, 3.05) is 27.2 Å². The molecule has 1 aliphatic rings. The molecular formula is C10H22N2S. The predicted molar refractivity (Wildman–Crippen MR) is 61.0 cm³/mol. The van der Waals surface area contributed by atoms with Gasteiger partial charge in [-0.15, -0.1) is 0 Å². The Morgan fingerprint density at radius 3 is 2.46 bits per heavy atom. The Labute approximate surface area is 87.8 Å². The summed E-state index contributed by atoms with van der Waals surface area (Å²) in [5.74, 6) is 0.744. The number of nitrogens with zero attached hydrogens (tertiary/aromatic N) is 2. The van der Waals surface area contributed by atoms with Crippen molar-refractivity contribution >= 4 is 12.8 Å². The molecule has 2 nitrogen and oxygen atoms in total. The highest BCUT2D eigenvalue weighted by Gasteiger charge is 2.33. The molecule has 1 atom stereocenters. The molecule has 0 amide bonds. The fraction of sp³-hybridized carbons (Fsp3) is 1.00. The lowest BCUT2D eigenvalue weighted by Gasteiger charge is -2.44. The first-order valence-corrected chi connectivity index (χ1v) is 5.46. The van der Waals surface area contributed by atoms with E-state index >= 15 is 0 Å². The molecule has 0 unspecified atom stereocenters. The molecule has 0 aromatic carbocycles. The van der Waals surface area contributed by atoms with E-state index in [9.17, 15) is 0 Å². The summed E-state index contributed by atoms with van der Waals surface area (Å²) in [7, 11) is 4.33. The molecule has 0 spiro atoms. The second-order valence-corrected chi connectivity index (χ2v) is 5.37. The van der Waals surface area contributed by atoms with Crippen LogP contribution in [0.5, 0.6) is 0 Å². The summed E-state index contributed by atoms with van der Waals surface area (Å²) >= 11 is 4.44. The maximum atomic E-state index is 4.44. The Hall–Kier alpha value is 0.270. The molecule has 1 heterocycles. The van der Waals surface area contributed by atoms with E-state index in [0.29, 0.717) is 5.54 Å². The summed E-state index contributed by atoms with van der Waals surface area (Å²) in [5.41, 5.74) is 0.293. The predicted octanol–water partition coefficient (Wildman–Crippen LogP) is 1.88. The van der Waals surface area contributed by atoms with E-state index in [-0.39, 0.29) is 0 Å². The van der Waals surface area contributed by atoms with Crippen LogP contribution in [0.3, 0.4) is 0 Å². The second-order valence-electron chi connectivity index (χ2n) is 4.80. The Bertz CT molecular complexity index is 168. The minimum absolute atomic E-state index is 0.293. The highest BCUT2D eigenvalue weighted by molar-refractivity contribution is 7.77. The Kier molecular flexibility index (Phi) is 3.66. The minimum atomic E-state index is 0.293. The van der Waals surface area contributed by atoms with Crippen molar-refractivity contribution < 1.29 is 0 Å². The fourth-order valence-corrected chi connectivity index (χ4v) is 2.24.